The first-order valence-corrected chi connectivity index (χ1v) is 14.7. The molecule has 0 unspecified atom stereocenters. The summed E-state index contributed by atoms with van der Waals surface area (Å²) in [6.45, 7) is 8.55. The molecule has 5 heteroatoms. The second-order valence-electron chi connectivity index (χ2n) is 10.3. The van der Waals surface area contributed by atoms with Gasteiger partial charge < -0.3 is 30.5 Å². The summed E-state index contributed by atoms with van der Waals surface area (Å²) in [5, 5.41) is 8.19. The Balaban J connectivity index is 0.000000304. The quantitative estimate of drug-likeness (QED) is 0.193. The minimum atomic E-state index is 0. The predicted molar refractivity (Wildman–Crippen MR) is 174 cm³/mol. The molecule has 0 aromatic heterocycles. The molecule has 42 heavy (non-hydrogen) atoms. The van der Waals surface area contributed by atoms with Crippen molar-refractivity contribution in [2.24, 2.45) is 0 Å². The van der Waals surface area contributed by atoms with E-state index in [0.717, 1.165) is 26.3 Å². The average Bonchev–Trinajstić information content (AvgIpc) is 3.33. The molecule has 6 rings (SSSR count). The van der Waals surface area contributed by atoms with Crippen molar-refractivity contribution in [3.63, 3.8) is 0 Å². The summed E-state index contributed by atoms with van der Waals surface area (Å²) in [6, 6.07) is 46.6. The van der Waals surface area contributed by atoms with Gasteiger partial charge in [0.15, 0.2) is 0 Å². The molecule has 212 valence electrons. The average molecular weight is 773 g/mol. The van der Waals surface area contributed by atoms with E-state index in [0.29, 0.717) is 11.8 Å². The molecule has 0 aliphatic rings. The van der Waals surface area contributed by atoms with Crippen LogP contribution in [0, 0.1) is 0 Å². The van der Waals surface area contributed by atoms with Crippen LogP contribution >= 0.6 is 0 Å². The van der Waals surface area contributed by atoms with Crippen LogP contribution in [0.3, 0.4) is 0 Å². The molecule has 0 saturated carbocycles. The first-order chi connectivity index (χ1) is 18.9. The largest absolute Gasteiger partial charge is 4.00 e. The van der Waals surface area contributed by atoms with Crippen molar-refractivity contribution in [1.82, 2.24) is 0 Å². The standard InChI is InChI=1S/C13H9.C12H18N.C12H10Si.2ClH.Hf/c1-3-7-12-10(5-1)9-11-6-2-4-8-13(11)12;1-8(2)10-6-5-7-11(9(3)4)12(10)13;1-3-7-11(8-4-1)13-12-9-5-2-6-10-12;;;/h1-9H;5-9,13H,1-4H3;1-10H;2*1H;/q2*-1;;;;+4/p-2. The molecular formula is C37H37Cl2HfNSi. The van der Waals surface area contributed by atoms with Crippen molar-refractivity contribution in [1.29, 1.82) is 0 Å². The van der Waals surface area contributed by atoms with Crippen molar-refractivity contribution in [2.45, 2.75) is 39.5 Å². The second kappa shape index (κ2) is 18.9. The van der Waals surface area contributed by atoms with E-state index < -0.39 is 0 Å². The zero-order valence-electron chi connectivity index (χ0n) is 24.6. The van der Waals surface area contributed by atoms with Crippen LogP contribution in [-0.4, -0.2) is 9.52 Å². The van der Waals surface area contributed by atoms with Crippen LogP contribution in [0.15, 0.2) is 133 Å². The van der Waals surface area contributed by atoms with Crippen molar-refractivity contribution in [3.05, 3.63) is 150 Å². The molecular weight excluding hydrogens is 736 g/mol. The molecule has 0 aliphatic heterocycles. The number of nitrogens with one attached hydrogen (secondary N) is 1. The molecule has 0 heterocycles. The fourth-order valence-electron chi connectivity index (χ4n) is 4.66. The first kappa shape index (κ1) is 37.5. The Kier molecular flexibility index (Phi) is 16.8. The molecule has 0 fully saturated rings. The Morgan fingerprint density at radius 1 is 0.500 bits per heavy atom. The number of hydrogen-bond donors (Lipinski definition) is 0. The van der Waals surface area contributed by atoms with Crippen molar-refractivity contribution < 1.29 is 50.7 Å². The van der Waals surface area contributed by atoms with Crippen LogP contribution in [-0.2, 0) is 25.8 Å². The van der Waals surface area contributed by atoms with Gasteiger partial charge in [-0.15, -0.1) is 45.4 Å². The molecule has 1 nitrogen and oxygen atoms in total. The van der Waals surface area contributed by atoms with E-state index in [4.69, 9.17) is 5.73 Å². The predicted octanol–water partition coefficient (Wildman–Crippen LogP) is 3.68. The normalized spacial score (nSPS) is 9.95. The van der Waals surface area contributed by atoms with Gasteiger partial charge in [0.1, 0.15) is 9.52 Å². The monoisotopic (exact) mass is 773 g/mol. The molecule has 0 amide bonds. The summed E-state index contributed by atoms with van der Waals surface area (Å²) >= 11 is 0. The molecule has 0 aliphatic carbocycles. The number of benzene rings is 5. The van der Waals surface area contributed by atoms with Gasteiger partial charge in [0.25, 0.3) is 0 Å². The van der Waals surface area contributed by atoms with Gasteiger partial charge in [0.05, 0.1) is 0 Å². The molecule has 0 saturated heterocycles. The molecule has 0 spiro atoms. The van der Waals surface area contributed by atoms with Gasteiger partial charge in [-0.25, -0.2) is 0 Å². The summed E-state index contributed by atoms with van der Waals surface area (Å²) in [6.07, 6.45) is 0. The number of rotatable bonds is 4. The maximum absolute atomic E-state index is 8.01. The molecule has 0 atom stereocenters. The van der Waals surface area contributed by atoms with Crippen LogP contribution in [0.4, 0.5) is 5.69 Å². The molecule has 0 bridgehead atoms. The molecule has 2 radical (unpaired) electrons. The Morgan fingerprint density at radius 3 is 1.24 bits per heavy atom. The number of fused-ring (bicyclic) bond motifs is 3. The van der Waals surface area contributed by atoms with E-state index in [2.05, 4.69) is 161 Å². The van der Waals surface area contributed by atoms with Gasteiger partial charge in [-0.2, -0.15) is 0 Å². The Morgan fingerprint density at radius 2 is 0.857 bits per heavy atom. The van der Waals surface area contributed by atoms with E-state index in [1.54, 1.807) is 0 Å². The summed E-state index contributed by atoms with van der Waals surface area (Å²) in [5.74, 6) is 0.900. The van der Waals surface area contributed by atoms with Gasteiger partial charge in [-0.1, -0.05) is 164 Å². The van der Waals surface area contributed by atoms with Gasteiger partial charge in [-0.05, 0) is 11.8 Å². The molecule has 6 aromatic rings. The maximum atomic E-state index is 8.01. The van der Waals surface area contributed by atoms with Crippen LogP contribution in [0.25, 0.3) is 27.3 Å². The van der Waals surface area contributed by atoms with Gasteiger partial charge in [-0.3, -0.25) is 0 Å². The zero-order valence-corrected chi connectivity index (χ0v) is 30.7. The first-order valence-electron chi connectivity index (χ1n) is 13.7. The third kappa shape index (κ3) is 10.3. The number of hydrogen-bond acceptors (Lipinski definition) is 0. The van der Waals surface area contributed by atoms with E-state index in [9.17, 15) is 0 Å². The summed E-state index contributed by atoms with van der Waals surface area (Å²) < 4.78 is 0. The van der Waals surface area contributed by atoms with Gasteiger partial charge >= 0.3 is 25.8 Å². The number of halogens is 2. The SMILES string of the molecule is CC(C)c1cccc(C(C)C)c1[NH-].[Cl-].[Cl-].[Hf+4].c1ccc([Si]c2ccccc2)cc1.c1ccc2c(c1)[cH-]c1ccccc12. The molecule has 6 aromatic carbocycles. The topological polar surface area (TPSA) is 23.8 Å². The van der Waals surface area contributed by atoms with E-state index >= 15 is 0 Å². The second-order valence-corrected chi connectivity index (χ2v) is 11.7. The van der Waals surface area contributed by atoms with Gasteiger partial charge in [0, 0.05) is 0 Å². The van der Waals surface area contributed by atoms with E-state index in [1.807, 2.05) is 0 Å². The minimum Gasteiger partial charge on any atom is -1.00 e. The third-order valence-electron chi connectivity index (χ3n) is 6.73. The van der Waals surface area contributed by atoms with Crippen molar-refractivity contribution >= 4 is 47.1 Å². The Labute approximate surface area is 285 Å². The minimum absolute atomic E-state index is 0. The smallest absolute Gasteiger partial charge is 1.00 e. The van der Waals surface area contributed by atoms with Crippen LogP contribution in [0.2, 0.25) is 0 Å². The van der Waals surface area contributed by atoms with Crippen LogP contribution in [0.1, 0.15) is 50.7 Å². The summed E-state index contributed by atoms with van der Waals surface area (Å²) in [4.78, 5) is 0. The van der Waals surface area contributed by atoms with Crippen LogP contribution < -0.4 is 35.2 Å². The van der Waals surface area contributed by atoms with Gasteiger partial charge in [0.2, 0.25) is 0 Å². The van der Waals surface area contributed by atoms with E-state index in [-0.39, 0.29) is 50.7 Å². The molecule has 1 N–H and O–H groups in total. The van der Waals surface area contributed by atoms with Crippen LogP contribution in [0.5, 0.6) is 0 Å². The zero-order chi connectivity index (χ0) is 27.6. The Hall–Kier alpha value is -2.56. The van der Waals surface area contributed by atoms with Crippen molar-refractivity contribution in [3.8, 4) is 0 Å². The van der Waals surface area contributed by atoms with E-state index in [1.165, 1.54) is 31.9 Å². The Bertz CT molecular complexity index is 1480. The van der Waals surface area contributed by atoms with Crippen molar-refractivity contribution in [2.75, 3.05) is 0 Å². The maximum Gasteiger partial charge on any atom is 4.00 e. The third-order valence-corrected chi connectivity index (χ3v) is 7.98. The summed E-state index contributed by atoms with van der Waals surface area (Å²) in [7, 11) is 0.777. The summed E-state index contributed by atoms with van der Waals surface area (Å²) in [5.41, 5.74) is 11.1. The fraction of sp³-hybridized carbons (Fsp3) is 0.162. The fourth-order valence-corrected chi connectivity index (χ4v) is 5.72.